The second-order valence-electron chi connectivity index (χ2n) is 7.33. The van der Waals surface area contributed by atoms with Gasteiger partial charge in [-0.2, -0.15) is 0 Å². The van der Waals surface area contributed by atoms with Crippen molar-refractivity contribution in [2.75, 3.05) is 43.4 Å². The van der Waals surface area contributed by atoms with Crippen LogP contribution < -0.4 is 20.4 Å². The predicted octanol–water partition coefficient (Wildman–Crippen LogP) is -0.286. The fourth-order valence-corrected chi connectivity index (χ4v) is 3.52. The maximum Gasteiger partial charge on any atom is 0.282 e. The smallest absolute Gasteiger partial charge is 0.282 e. The lowest BCUT2D eigenvalue weighted by Gasteiger charge is -2.32. The molecule has 2 aromatic rings. The number of carbonyl (C=O) groups excluding carboxylic acids is 2. The summed E-state index contributed by atoms with van der Waals surface area (Å²) in [6, 6.07) is 11.6. The molecule has 0 aliphatic carbocycles. The molecule has 0 unspecified atom stereocenters. The molecule has 0 bridgehead atoms. The van der Waals surface area contributed by atoms with Crippen molar-refractivity contribution in [1.82, 2.24) is 0 Å². The van der Waals surface area contributed by atoms with Crippen molar-refractivity contribution < 1.29 is 28.2 Å². The molecule has 0 spiro atoms. The third-order valence-electron chi connectivity index (χ3n) is 5.26. The number of nitrogens with one attached hydrogen (secondary N) is 4. The van der Waals surface area contributed by atoms with Crippen LogP contribution in [-0.4, -0.2) is 50.6 Å². The van der Waals surface area contributed by atoms with Gasteiger partial charge >= 0.3 is 0 Å². The van der Waals surface area contributed by atoms with Crippen LogP contribution in [0.25, 0.3) is 0 Å². The van der Waals surface area contributed by atoms with Gasteiger partial charge < -0.3 is 20.4 Å². The Balaban J connectivity index is 1.45. The van der Waals surface area contributed by atoms with Crippen LogP contribution in [0.3, 0.4) is 0 Å². The number of quaternary nitrogens is 2. The monoisotopic (exact) mass is 404 g/mol. The van der Waals surface area contributed by atoms with E-state index in [9.17, 15) is 18.4 Å². The molecule has 0 saturated carbocycles. The van der Waals surface area contributed by atoms with Gasteiger partial charge in [0.25, 0.3) is 11.8 Å². The molecule has 1 aliphatic rings. The third kappa shape index (κ3) is 5.82. The van der Waals surface area contributed by atoms with E-state index >= 15 is 0 Å². The van der Waals surface area contributed by atoms with Gasteiger partial charge in [-0.3, -0.25) is 9.59 Å². The van der Waals surface area contributed by atoms with Gasteiger partial charge in [-0.15, -0.1) is 0 Å². The average molecular weight is 404 g/mol. The number of halogens is 2. The average Bonchev–Trinajstić information content (AvgIpc) is 2.69. The normalized spacial score (nSPS) is 20.0. The Morgan fingerprint density at radius 1 is 1.00 bits per heavy atom. The SMILES string of the molecule is C[C@H](C(=O)Nc1ccccc1F)[NH+]1CC[NH+](CC(=O)Nc2cccc(F)c2)CC1. The van der Waals surface area contributed by atoms with E-state index in [1.54, 1.807) is 24.3 Å². The minimum absolute atomic E-state index is 0.167. The van der Waals surface area contributed by atoms with Crippen molar-refractivity contribution in [1.29, 1.82) is 0 Å². The zero-order chi connectivity index (χ0) is 20.8. The first-order valence-electron chi connectivity index (χ1n) is 9.71. The number of rotatable bonds is 6. The summed E-state index contributed by atoms with van der Waals surface area (Å²) in [6.07, 6.45) is 0. The third-order valence-corrected chi connectivity index (χ3v) is 5.26. The van der Waals surface area contributed by atoms with Crippen LogP contribution in [-0.2, 0) is 9.59 Å². The molecule has 2 aromatic carbocycles. The van der Waals surface area contributed by atoms with Crippen LogP contribution in [0.1, 0.15) is 6.92 Å². The summed E-state index contributed by atoms with van der Waals surface area (Å²) in [5.41, 5.74) is 0.624. The van der Waals surface area contributed by atoms with Gasteiger partial charge in [0, 0.05) is 5.69 Å². The van der Waals surface area contributed by atoms with Gasteiger partial charge in [-0.1, -0.05) is 18.2 Å². The molecule has 3 rings (SSSR count). The van der Waals surface area contributed by atoms with Crippen molar-refractivity contribution in [2.24, 2.45) is 0 Å². The molecule has 0 aromatic heterocycles. The second kappa shape index (κ2) is 9.58. The van der Waals surface area contributed by atoms with Gasteiger partial charge in [0.15, 0.2) is 12.6 Å². The van der Waals surface area contributed by atoms with Gasteiger partial charge in [0.05, 0.1) is 5.69 Å². The number of hydrogen-bond donors (Lipinski definition) is 4. The Morgan fingerprint density at radius 3 is 2.41 bits per heavy atom. The van der Waals surface area contributed by atoms with E-state index < -0.39 is 11.6 Å². The van der Waals surface area contributed by atoms with Crippen LogP contribution in [0.15, 0.2) is 48.5 Å². The minimum atomic E-state index is -0.457. The highest BCUT2D eigenvalue weighted by Gasteiger charge is 2.32. The number of hydrogen-bond acceptors (Lipinski definition) is 2. The maximum atomic E-state index is 13.7. The molecule has 1 aliphatic heterocycles. The first-order valence-corrected chi connectivity index (χ1v) is 9.71. The second-order valence-corrected chi connectivity index (χ2v) is 7.33. The van der Waals surface area contributed by atoms with Gasteiger partial charge in [0.1, 0.15) is 37.8 Å². The predicted molar refractivity (Wildman–Crippen MR) is 106 cm³/mol. The number of benzene rings is 2. The van der Waals surface area contributed by atoms with E-state index in [0.717, 1.165) is 36.0 Å². The maximum absolute atomic E-state index is 13.7. The largest absolute Gasteiger partial charge is 0.321 e. The lowest BCUT2D eigenvalue weighted by Crippen LogP contribution is -3.30. The molecule has 6 nitrogen and oxygen atoms in total. The Hall–Kier alpha value is -2.84. The molecule has 29 heavy (non-hydrogen) atoms. The molecule has 154 valence electrons. The summed E-state index contributed by atoms with van der Waals surface area (Å²) in [5.74, 6) is -1.24. The standard InChI is InChI=1S/C21H24F2N4O2/c1-15(21(29)25-19-8-3-2-7-18(19)23)27-11-9-26(10-12-27)14-20(28)24-17-6-4-5-16(22)13-17/h2-8,13,15H,9-12,14H2,1H3,(H,24,28)(H,25,29)/p+2/t15-/m1/s1. The van der Waals surface area contributed by atoms with Crippen LogP contribution in [0.5, 0.6) is 0 Å². The van der Waals surface area contributed by atoms with Crippen LogP contribution >= 0.6 is 0 Å². The van der Waals surface area contributed by atoms with E-state index in [4.69, 9.17) is 0 Å². The first kappa shape index (κ1) is 20.9. The number of para-hydroxylation sites is 1. The van der Waals surface area contributed by atoms with Crippen LogP contribution in [0.4, 0.5) is 20.2 Å². The highest BCUT2D eigenvalue weighted by Crippen LogP contribution is 2.12. The fraction of sp³-hybridized carbons (Fsp3) is 0.333. The lowest BCUT2D eigenvalue weighted by atomic mass is 10.2. The summed E-state index contributed by atoms with van der Waals surface area (Å²) >= 11 is 0. The van der Waals surface area contributed by atoms with E-state index in [2.05, 4.69) is 10.6 Å². The Morgan fingerprint density at radius 2 is 1.72 bits per heavy atom. The van der Waals surface area contributed by atoms with Crippen molar-refractivity contribution >= 4 is 23.2 Å². The molecule has 1 saturated heterocycles. The molecule has 1 fully saturated rings. The minimum Gasteiger partial charge on any atom is -0.321 e. The van der Waals surface area contributed by atoms with Crippen molar-refractivity contribution in [3.8, 4) is 0 Å². The van der Waals surface area contributed by atoms with E-state index in [1.807, 2.05) is 6.92 Å². The lowest BCUT2D eigenvalue weighted by molar-refractivity contribution is -1.01. The Kier molecular flexibility index (Phi) is 6.90. The summed E-state index contributed by atoms with van der Waals surface area (Å²) in [4.78, 5) is 26.9. The molecule has 1 atom stereocenters. The molecule has 8 heteroatoms. The molecule has 1 heterocycles. The molecular formula is C21H26F2N4O2+2. The molecule has 2 amide bonds. The molecule has 0 radical (unpaired) electrons. The fourth-order valence-electron chi connectivity index (χ4n) is 3.52. The van der Waals surface area contributed by atoms with Crippen molar-refractivity contribution in [2.45, 2.75) is 13.0 Å². The van der Waals surface area contributed by atoms with Crippen LogP contribution in [0, 0.1) is 11.6 Å². The van der Waals surface area contributed by atoms with E-state index in [1.165, 1.54) is 24.3 Å². The number of amides is 2. The first-order chi connectivity index (χ1) is 13.9. The molecule has 4 N–H and O–H groups in total. The zero-order valence-corrected chi connectivity index (χ0v) is 16.3. The zero-order valence-electron chi connectivity index (χ0n) is 16.3. The quantitative estimate of drug-likeness (QED) is 0.535. The summed E-state index contributed by atoms with van der Waals surface area (Å²) in [7, 11) is 0. The highest BCUT2D eigenvalue weighted by atomic mass is 19.1. The van der Waals surface area contributed by atoms with Crippen LogP contribution in [0.2, 0.25) is 0 Å². The number of anilines is 2. The van der Waals surface area contributed by atoms with E-state index in [0.29, 0.717) is 12.2 Å². The van der Waals surface area contributed by atoms with Gasteiger partial charge in [-0.25, -0.2) is 8.78 Å². The molecular weight excluding hydrogens is 378 g/mol. The van der Waals surface area contributed by atoms with Crippen molar-refractivity contribution in [3.05, 3.63) is 60.2 Å². The van der Waals surface area contributed by atoms with Gasteiger partial charge in [-0.05, 0) is 37.3 Å². The Labute approximate surface area is 168 Å². The summed E-state index contributed by atoms with van der Waals surface area (Å²) < 4.78 is 26.9. The van der Waals surface area contributed by atoms with Crippen molar-refractivity contribution in [3.63, 3.8) is 0 Å². The highest BCUT2D eigenvalue weighted by molar-refractivity contribution is 5.93. The summed E-state index contributed by atoms with van der Waals surface area (Å²) in [5, 5.41) is 5.35. The number of piperazine rings is 1. The summed E-state index contributed by atoms with van der Waals surface area (Å²) in [6.45, 7) is 5.06. The van der Waals surface area contributed by atoms with Gasteiger partial charge in [0.2, 0.25) is 0 Å². The van der Waals surface area contributed by atoms with E-state index in [-0.39, 0.29) is 23.5 Å². The topological polar surface area (TPSA) is 67.1 Å². The Bertz CT molecular complexity index is 869. The number of carbonyl (C=O) groups is 2.